The van der Waals surface area contributed by atoms with E-state index in [1.54, 1.807) is 0 Å². The number of hydrogen-bond acceptors (Lipinski definition) is 3. The van der Waals surface area contributed by atoms with E-state index < -0.39 is 0 Å². The second-order valence-corrected chi connectivity index (χ2v) is 5.32. The standard InChI is InChI=1S/C10H20O2S/c1-5-13-7-8(2)9-6-11-10(3,4)12-9/h8-9H,5-7H2,1-4H3. The molecule has 0 aliphatic carbocycles. The van der Waals surface area contributed by atoms with Crippen LogP contribution in [0.4, 0.5) is 0 Å². The number of hydrogen-bond donors (Lipinski definition) is 0. The molecule has 0 amide bonds. The molecule has 1 aliphatic rings. The SMILES string of the molecule is CCSCC(C)C1COC(C)(C)O1. The summed E-state index contributed by atoms with van der Waals surface area (Å²) in [5.41, 5.74) is 0. The molecule has 0 aromatic heterocycles. The Morgan fingerprint density at radius 2 is 2.23 bits per heavy atom. The molecule has 1 aliphatic heterocycles. The molecule has 0 aromatic rings. The van der Waals surface area contributed by atoms with Crippen molar-refractivity contribution in [1.82, 2.24) is 0 Å². The van der Waals surface area contributed by atoms with Gasteiger partial charge < -0.3 is 9.47 Å². The normalized spacial score (nSPS) is 29.1. The van der Waals surface area contributed by atoms with E-state index in [-0.39, 0.29) is 11.9 Å². The first-order chi connectivity index (χ1) is 6.05. The zero-order chi connectivity index (χ0) is 9.90. The summed E-state index contributed by atoms with van der Waals surface area (Å²) in [5, 5.41) is 0. The van der Waals surface area contributed by atoms with Crippen molar-refractivity contribution in [2.24, 2.45) is 5.92 Å². The van der Waals surface area contributed by atoms with Crippen LogP contribution in [0.25, 0.3) is 0 Å². The molecular weight excluding hydrogens is 184 g/mol. The quantitative estimate of drug-likeness (QED) is 0.701. The van der Waals surface area contributed by atoms with Gasteiger partial charge >= 0.3 is 0 Å². The third-order valence-electron chi connectivity index (χ3n) is 2.25. The molecule has 0 N–H and O–H groups in total. The molecular formula is C10H20O2S. The van der Waals surface area contributed by atoms with Gasteiger partial charge in [-0.05, 0) is 31.3 Å². The minimum Gasteiger partial charge on any atom is -0.348 e. The van der Waals surface area contributed by atoms with Crippen LogP contribution < -0.4 is 0 Å². The van der Waals surface area contributed by atoms with Crippen molar-refractivity contribution in [2.75, 3.05) is 18.1 Å². The highest BCUT2D eigenvalue weighted by molar-refractivity contribution is 7.99. The Kier molecular flexibility index (Phi) is 4.07. The molecule has 2 unspecified atom stereocenters. The van der Waals surface area contributed by atoms with Crippen LogP contribution in [0.3, 0.4) is 0 Å². The predicted octanol–water partition coefficient (Wildman–Crippen LogP) is 2.53. The summed E-state index contributed by atoms with van der Waals surface area (Å²) in [7, 11) is 0. The van der Waals surface area contributed by atoms with Gasteiger partial charge in [-0.2, -0.15) is 11.8 Å². The van der Waals surface area contributed by atoms with Crippen molar-refractivity contribution in [2.45, 2.75) is 39.6 Å². The molecule has 0 radical (unpaired) electrons. The fourth-order valence-electron chi connectivity index (χ4n) is 1.41. The van der Waals surface area contributed by atoms with Crippen molar-refractivity contribution in [1.29, 1.82) is 0 Å². The molecule has 0 bridgehead atoms. The Morgan fingerprint density at radius 1 is 1.54 bits per heavy atom. The predicted molar refractivity (Wildman–Crippen MR) is 57.1 cm³/mol. The summed E-state index contributed by atoms with van der Waals surface area (Å²) in [6, 6.07) is 0. The second-order valence-electron chi connectivity index (χ2n) is 4.00. The molecule has 1 heterocycles. The van der Waals surface area contributed by atoms with Crippen LogP contribution in [0.1, 0.15) is 27.7 Å². The van der Waals surface area contributed by atoms with Crippen LogP contribution in [0.5, 0.6) is 0 Å². The third kappa shape index (κ3) is 3.49. The molecule has 1 fully saturated rings. The van der Waals surface area contributed by atoms with Crippen LogP contribution in [0, 0.1) is 5.92 Å². The summed E-state index contributed by atoms with van der Waals surface area (Å²) >= 11 is 1.97. The lowest BCUT2D eigenvalue weighted by atomic mass is 10.1. The van der Waals surface area contributed by atoms with E-state index in [2.05, 4.69) is 13.8 Å². The molecule has 78 valence electrons. The van der Waals surface area contributed by atoms with Crippen molar-refractivity contribution < 1.29 is 9.47 Å². The fraction of sp³-hybridized carbons (Fsp3) is 1.00. The molecule has 0 saturated carbocycles. The van der Waals surface area contributed by atoms with Gasteiger partial charge in [0.1, 0.15) is 0 Å². The van der Waals surface area contributed by atoms with Crippen LogP contribution in [0.2, 0.25) is 0 Å². The molecule has 13 heavy (non-hydrogen) atoms. The highest BCUT2D eigenvalue weighted by atomic mass is 32.2. The maximum absolute atomic E-state index is 5.77. The summed E-state index contributed by atoms with van der Waals surface area (Å²) in [5.74, 6) is 2.57. The Morgan fingerprint density at radius 3 is 2.69 bits per heavy atom. The molecule has 0 aromatic carbocycles. The molecule has 1 saturated heterocycles. The Labute approximate surface area is 85.4 Å². The van der Waals surface area contributed by atoms with E-state index in [1.165, 1.54) is 11.5 Å². The van der Waals surface area contributed by atoms with Crippen molar-refractivity contribution in [3.8, 4) is 0 Å². The van der Waals surface area contributed by atoms with E-state index in [9.17, 15) is 0 Å². The van der Waals surface area contributed by atoms with Gasteiger partial charge in [0, 0.05) is 0 Å². The van der Waals surface area contributed by atoms with Gasteiger partial charge in [0.15, 0.2) is 5.79 Å². The molecule has 0 spiro atoms. The van der Waals surface area contributed by atoms with E-state index in [1.807, 2.05) is 25.6 Å². The number of thioether (sulfide) groups is 1. The van der Waals surface area contributed by atoms with Crippen molar-refractivity contribution in [3.05, 3.63) is 0 Å². The van der Waals surface area contributed by atoms with Gasteiger partial charge in [0.05, 0.1) is 12.7 Å². The monoisotopic (exact) mass is 204 g/mol. The Hall–Kier alpha value is 0.270. The molecule has 3 heteroatoms. The first kappa shape index (κ1) is 11.3. The van der Waals surface area contributed by atoms with Crippen LogP contribution >= 0.6 is 11.8 Å². The van der Waals surface area contributed by atoms with Crippen LogP contribution in [-0.2, 0) is 9.47 Å². The summed E-state index contributed by atoms with van der Waals surface area (Å²) in [6.45, 7) is 9.13. The lowest BCUT2D eigenvalue weighted by molar-refractivity contribution is -0.142. The first-order valence-corrected chi connectivity index (χ1v) is 6.10. The Bertz CT molecular complexity index is 159. The summed E-state index contributed by atoms with van der Waals surface area (Å²) < 4.78 is 11.3. The zero-order valence-electron chi connectivity index (χ0n) is 9.00. The largest absolute Gasteiger partial charge is 0.348 e. The van der Waals surface area contributed by atoms with E-state index in [0.717, 1.165) is 6.61 Å². The topological polar surface area (TPSA) is 18.5 Å². The Balaban J connectivity index is 2.29. The highest BCUT2D eigenvalue weighted by Crippen LogP contribution is 2.28. The van der Waals surface area contributed by atoms with Crippen LogP contribution in [-0.4, -0.2) is 30.0 Å². The van der Waals surface area contributed by atoms with Gasteiger partial charge in [-0.1, -0.05) is 13.8 Å². The van der Waals surface area contributed by atoms with E-state index in [4.69, 9.17) is 9.47 Å². The zero-order valence-corrected chi connectivity index (χ0v) is 9.82. The lowest BCUT2D eigenvalue weighted by Gasteiger charge is -2.20. The third-order valence-corrected chi connectivity index (χ3v) is 3.42. The van der Waals surface area contributed by atoms with Gasteiger partial charge in [0.2, 0.25) is 0 Å². The number of ether oxygens (including phenoxy) is 2. The maximum atomic E-state index is 5.77. The lowest BCUT2D eigenvalue weighted by Crippen LogP contribution is -2.26. The average molecular weight is 204 g/mol. The number of rotatable bonds is 4. The summed E-state index contributed by atoms with van der Waals surface area (Å²) in [6.07, 6.45) is 0.286. The smallest absolute Gasteiger partial charge is 0.163 e. The minimum absolute atomic E-state index is 0.286. The van der Waals surface area contributed by atoms with Crippen molar-refractivity contribution >= 4 is 11.8 Å². The minimum atomic E-state index is -0.365. The van der Waals surface area contributed by atoms with Gasteiger partial charge in [-0.3, -0.25) is 0 Å². The van der Waals surface area contributed by atoms with Crippen molar-refractivity contribution in [3.63, 3.8) is 0 Å². The van der Waals surface area contributed by atoms with Gasteiger partial charge in [0.25, 0.3) is 0 Å². The van der Waals surface area contributed by atoms with E-state index in [0.29, 0.717) is 5.92 Å². The average Bonchev–Trinajstić information content (AvgIpc) is 2.42. The van der Waals surface area contributed by atoms with Gasteiger partial charge in [-0.15, -0.1) is 0 Å². The van der Waals surface area contributed by atoms with Crippen LogP contribution in [0.15, 0.2) is 0 Å². The molecule has 1 rings (SSSR count). The maximum Gasteiger partial charge on any atom is 0.163 e. The van der Waals surface area contributed by atoms with E-state index >= 15 is 0 Å². The first-order valence-electron chi connectivity index (χ1n) is 4.94. The highest BCUT2D eigenvalue weighted by Gasteiger charge is 2.35. The molecule has 2 nitrogen and oxygen atoms in total. The summed E-state index contributed by atoms with van der Waals surface area (Å²) in [4.78, 5) is 0. The second kappa shape index (κ2) is 4.67. The fourth-order valence-corrected chi connectivity index (χ4v) is 2.23. The molecule has 2 atom stereocenters. The van der Waals surface area contributed by atoms with Gasteiger partial charge in [-0.25, -0.2) is 0 Å².